The molecule has 6 heteroatoms. The summed E-state index contributed by atoms with van der Waals surface area (Å²) in [6.45, 7) is 2.02. The minimum absolute atomic E-state index is 0.405. The van der Waals surface area contributed by atoms with E-state index in [9.17, 15) is 0 Å². The molecule has 0 bridgehead atoms. The lowest BCUT2D eigenvalue weighted by molar-refractivity contribution is 0.622. The van der Waals surface area contributed by atoms with Gasteiger partial charge in [-0.25, -0.2) is 0 Å². The van der Waals surface area contributed by atoms with Crippen molar-refractivity contribution in [1.82, 2.24) is 20.2 Å². The minimum Gasteiger partial charge on any atom is -0.423 e. The van der Waals surface area contributed by atoms with Crippen LogP contribution in [0.3, 0.4) is 0 Å². The van der Waals surface area contributed by atoms with Gasteiger partial charge in [0.2, 0.25) is 0 Å². The third-order valence-electron chi connectivity index (χ3n) is 4.65. The maximum atomic E-state index is 5.83. The fourth-order valence-electron chi connectivity index (χ4n) is 3.26. The molecule has 0 aliphatic carbocycles. The van der Waals surface area contributed by atoms with E-state index in [4.69, 9.17) is 4.42 Å². The predicted octanol–water partition coefficient (Wildman–Crippen LogP) is 4.81. The lowest BCUT2D eigenvalue weighted by atomic mass is 10.1. The first kappa shape index (κ1) is 16.4. The van der Waals surface area contributed by atoms with Gasteiger partial charge in [-0.2, -0.15) is 10.1 Å². The van der Waals surface area contributed by atoms with E-state index in [-0.39, 0.29) is 0 Å². The Hall–Kier alpha value is -3.80. The second-order valence-corrected chi connectivity index (χ2v) is 6.69. The number of rotatable bonds is 4. The second kappa shape index (κ2) is 6.74. The van der Waals surface area contributed by atoms with E-state index in [1.165, 1.54) is 0 Å². The smallest absolute Gasteiger partial charge is 0.301 e. The monoisotopic (exact) mass is 367 g/mol. The number of oxazole rings is 1. The first-order chi connectivity index (χ1) is 13.8. The van der Waals surface area contributed by atoms with E-state index in [1.807, 2.05) is 55.5 Å². The lowest BCUT2D eigenvalue weighted by Crippen LogP contribution is -2.02. The summed E-state index contributed by atoms with van der Waals surface area (Å²) in [6, 6.07) is 18.4. The first-order valence-electron chi connectivity index (χ1n) is 9.04. The van der Waals surface area contributed by atoms with Crippen LogP contribution in [0.2, 0.25) is 0 Å². The van der Waals surface area contributed by atoms with Crippen molar-refractivity contribution >= 4 is 33.7 Å². The van der Waals surface area contributed by atoms with E-state index >= 15 is 0 Å². The highest BCUT2D eigenvalue weighted by Crippen LogP contribution is 2.28. The van der Waals surface area contributed by atoms with E-state index in [1.54, 1.807) is 12.4 Å². The van der Waals surface area contributed by atoms with Crippen LogP contribution in [-0.2, 0) is 6.42 Å². The van der Waals surface area contributed by atoms with E-state index in [2.05, 4.69) is 31.5 Å². The van der Waals surface area contributed by atoms with Gasteiger partial charge in [0.25, 0.3) is 0 Å². The van der Waals surface area contributed by atoms with Gasteiger partial charge in [-0.05, 0) is 42.3 Å². The van der Waals surface area contributed by atoms with Gasteiger partial charge in [-0.1, -0.05) is 30.3 Å². The number of anilines is 2. The Balaban J connectivity index is 1.53. The number of nitrogens with one attached hydrogen (secondary N) is 1. The van der Waals surface area contributed by atoms with Crippen molar-refractivity contribution in [2.45, 2.75) is 13.3 Å². The largest absolute Gasteiger partial charge is 0.423 e. The van der Waals surface area contributed by atoms with Crippen LogP contribution in [0, 0.1) is 6.92 Å². The van der Waals surface area contributed by atoms with Crippen LogP contribution in [0.15, 0.2) is 71.4 Å². The summed E-state index contributed by atoms with van der Waals surface area (Å²) in [5.41, 5.74) is 4.74. The van der Waals surface area contributed by atoms with Gasteiger partial charge in [0.15, 0.2) is 11.4 Å². The molecular formula is C22H17N5O. The van der Waals surface area contributed by atoms with Gasteiger partial charge in [-0.3, -0.25) is 10.3 Å². The SMILES string of the molecule is Cc1ccc2nc(Nc3nnc(Cc4ccncc4)c4ccccc34)oc2c1. The third kappa shape index (κ3) is 3.05. The molecule has 2 aromatic carbocycles. The Morgan fingerprint density at radius 1 is 0.929 bits per heavy atom. The highest BCUT2D eigenvalue weighted by atomic mass is 16.4. The summed E-state index contributed by atoms with van der Waals surface area (Å²) in [5, 5.41) is 14.1. The van der Waals surface area contributed by atoms with Crippen molar-refractivity contribution in [3.8, 4) is 0 Å². The van der Waals surface area contributed by atoms with Gasteiger partial charge in [0.1, 0.15) is 5.52 Å². The van der Waals surface area contributed by atoms with Crippen LogP contribution in [0.4, 0.5) is 11.8 Å². The predicted molar refractivity (Wildman–Crippen MR) is 109 cm³/mol. The molecule has 0 fully saturated rings. The molecule has 0 unspecified atom stereocenters. The molecule has 0 amide bonds. The summed E-state index contributed by atoms with van der Waals surface area (Å²) in [5.74, 6) is 0.623. The van der Waals surface area contributed by atoms with Crippen molar-refractivity contribution < 1.29 is 4.42 Å². The molecule has 0 radical (unpaired) electrons. The molecule has 5 aromatic rings. The van der Waals surface area contributed by atoms with Crippen LogP contribution in [0.25, 0.3) is 21.9 Å². The molecule has 0 atom stereocenters. The zero-order valence-electron chi connectivity index (χ0n) is 15.3. The van der Waals surface area contributed by atoms with Gasteiger partial charge >= 0.3 is 6.01 Å². The number of benzene rings is 2. The first-order valence-corrected chi connectivity index (χ1v) is 9.04. The summed E-state index contributed by atoms with van der Waals surface area (Å²) >= 11 is 0. The summed E-state index contributed by atoms with van der Waals surface area (Å²) < 4.78 is 5.83. The average molecular weight is 367 g/mol. The number of hydrogen-bond donors (Lipinski definition) is 1. The Morgan fingerprint density at radius 3 is 2.61 bits per heavy atom. The van der Waals surface area contributed by atoms with Gasteiger partial charge in [0, 0.05) is 29.6 Å². The number of aromatic nitrogens is 4. The maximum Gasteiger partial charge on any atom is 0.301 e. The standard InChI is InChI=1S/C22H17N5O/c1-14-6-7-18-20(12-14)28-22(24-18)25-21-17-5-3-2-4-16(17)19(26-27-21)13-15-8-10-23-11-9-15/h2-12H,13H2,1H3,(H,24,25,27). The average Bonchev–Trinajstić information content (AvgIpc) is 3.12. The lowest BCUT2D eigenvalue weighted by Gasteiger charge is -2.09. The zero-order valence-corrected chi connectivity index (χ0v) is 15.3. The Kier molecular flexibility index (Phi) is 3.94. The van der Waals surface area contributed by atoms with Gasteiger partial charge < -0.3 is 4.42 Å². The number of nitrogens with zero attached hydrogens (tertiary/aromatic N) is 4. The summed E-state index contributed by atoms with van der Waals surface area (Å²) in [6.07, 6.45) is 4.27. The molecule has 0 spiro atoms. The van der Waals surface area contributed by atoms with E-state index < -0.39 is 0 Å². The van der Waals surface area contributed by atoms with Gasteiger partial charge in [0.05, 0.1) is 5.69 Å². The highest BCUT2D eigenvalue weighted by molar-refractivity contribution is 5.94. The molecule has 0 aliphatic heterocycles. The van der Waals surface area contributed by atoms with Gasteiger partial charge in [-0.15, -0.1) is 5.10 Å². The molecule has 3 heterocycles. The van der Waals surface area contributed by atoms with Crippen molar-refractivity contribution in [2.75, 3.05) is 5.32 Å². The number of fused-ring (bicyclic) bond motifs is 2. The quantitative estimate of drug-likeness (QED) is 0.491. The topological polar surface area (TPSA) is 76.7 Å². The molecule has 136 valence electrons. The van der Waals surface area contributed by atoms with Crippen LogP contribution in [-0.4, -0.2) is 20.2 Å². The van der Waals surface area contributed by atoms with Crippen molar-refractivity contribution in [3.05, 3.63) is 83.8 Å². The van der Waals surface area contributed by atoms with E-state index in [0.29, 0.717) is 18.3 Å². The third-order valence-corrected chi connectivity index (χ3v) is 4.65. The van der Waals surface area contributed by atoms with Crippen LogP contribution in [0.5, 0.6) is 0 Å². The Bertz CT molecular complexity index is 1280. The molecule has 1 N–H and O–H groups in total. The Morgan fingerprint density at radius 2 is 1.75 bits per heavy atom. The normalized spacial score (nSPS) is 11.2. The fraction of sp³-hybridized carbons (Fsp3) is 0.0909. The van der Waals surface area contributed by atoms with Crippen molar-refractivity contribution in [1.29, 1.82) is 0 Å². The molecule has 6 nitrogen and oxygen atoms in total. The number of hydrogen-bond acceptors (Lipinski definition) is 6. The second-order valence-electron chi connectivity index (χ2n) is 6.69. The summed E-state index contributed by atoms with van der Waals surface area (Å²) in [4.78, 5) is 8.56. The van der Waals surface area contributed by atoms with Crippen LogP contribution >= 0.6 is 0 Å². The molecule has 3 aromatic heterocycles. The molecule has 0 saturated heterocycles. The van der Waals surface area contributed by atoms with Crippen LogP contribution in [0.1, 0.15) is 16.8 Å². The maximum absolute atomic E-state index is 5.83. The van der Waals surface area contributed by atoms with E-state index in [0.717, 1.165) is 38.7 Å². The highest BCUT2D eigenvalue weighted by Gasteiger charge is 2.13. The summed E-state index contributed by atoms with van der Waals surface area (Å²) in [7, 11) is 0. The molecule has 28 heavy (non-hydrogen) atoms. The fourth-order valence-corrected chi connectivity index (χ4v) is 3.26. The van der Waals surface area contributed by atoms with Crippen LogP contribution < -0.4 is 5.32 Å². The van der Waals surface area contributed by atoms with Crippen molar-refractivity contribution in [3.63, 3.8) is 0 Å². The molecule has 0 aliphatic rings. The van der Waals surface area contributed by atoms with Crippen molar-refractivity contribution in [2.24, 2.45) is 0 Å². The molecule has 0 saturated carbocycles. The molecule has 5 rings (SSSR count). The number of aryl methyl sites for hydroxylation is 1. The minimum atomic E-state index is 0.405. The molecular weight excluding hydrogens is 350 g/mol. The number of pyridine rings is 1. The zero-order chi connectivity index (χ0) is 18.9. The Labute approximate surface area is 161 Å².